The lowest BCUT2D eigenvalue weighted by Crippen LogP contribution is -2.64. The number of β-lactam (4-membered cyclic amide) rings is 1. The van der Waals surface area contributed by atoms with Gasteiger partial charge in [0.2, 0.25) is 11.0 Å². The molecule has 2 aromatic rings. The van der Waals surface area contributed by atoms with E-state index in [4.69, 9.17) is 19.2 Å². The lowest BCUT2D eigenvalue weighted by atomic mass is 9.92. The summed E-state index contributed by atoms with van der Waals surface area (Å²) in [5, 5.41) is 19.2. The van der Waals surface area contributed by atoms with Crippen molar-refractivity contribution in [2.75, 3.05) is 5.75 Å². The Hall–Kier alpha value is -3.64. The number of thioether (sulfide) groups is 2. The molecule has 14 heteroatoms. The van der Waals surface area contributed by atoms with E-state index in [0.29, 0.717) is 23.1 Å². The number of non-ortho nitro benzene ring substituents is 1. The van der Waals surface area contributed by atoms with Gasteiger partial charge in [0.15, 0.2) is 19.1 Å². The minimum Gasteiger partial charge on any atom is -0.456 e. The van der Waals surface area contributed by atoms with E-state index in [1.807, 2.05) is 13.8 Å². The lowest BCUT2D eigenvalue weighted by Gasteiger charge is -2.51. The van der Waals surface area contributed by atoms with Crippen molar-refractivity contribution in [2.45, 2.75) is 98.0 Å². The number of rotatable bonds is 14. The highest BCUT2D eigenvalue weighted by Crippen LogP contribution is 2.46. The molecule has 3 atom stereocenters. The van der Waals surface area contributed by atoms with Crippen LogP contribution in [0.5, 0.6) is 5.75 Å². The molecular weight excluding hydrogens is 695 g/mol. The molecule has 0 unspecified atom stereocenters. The predicted octanol–water partition coefficient (Wildman–Crippen LogP) is 8.21. The zero-order valence-electron chi connectivity index (χ0n) is 30.4. The van der Waals surface area contributed by atoms with E-state index in [-0.39, 0.29) is 51.3 Å². The van der Waals surface area contributed by atoms with Gasteiger partial charge in [-0.05, 0) is 78.0 Å². The van der Waals surface area contributed by atoms with Gasteiger partial charge >= 0.3 is 5.97 Å². The second-order valence-electron chi connectivity index (χ2n) is 14.5. The van der Waals surface area contributed by atoms with Crippen molar-refractivity contribution in [2.24, 2.45) is 11.3 Å². The number of nitriles is 1. The Morgan fingerprint density at radius 1 is 1.04 bits per heavy atom. The molecule has 0 N–H and O–H groups in total. The van der Waals surface area contributed by atoms with Crippen LogP contribution in [0.1, 0.15) is 66.5 Å². The molecule has 3 rings (SSSR count). The van der Waals surface area contributed by atoms with Crippen LogP contribution in [0.25, 0.3) is 0 Å². The van der Waals surface area contributed by atoms with Crippen LogP contribution in [-0.2, 0) is 36.6 Å². The van der Waals surface area contributed by atoms with Crippen LogP contribution >= 0.6 is 23.5 Å². The number of hydrogen-bond donors (Lipinski definition) is 0. The van der Waals surface area contributed by atoms with E-state index >= 15 is 0 Å². The van der Waals surface area contributed by atoms with Crippen molar-refractivity contribution < 1.29 is 33.2 Å². The third kappa shape index (κ3) is 9.99. The van der Waals surface area contributed by atoms with Gasteiger partial charge in [0.05, 0.1) is 34.8 Å². The standard InChI is InChI=1S/C36H47N3O8S2Si/c1-11-48-31-28(23(2)47-50(9,10)36(6,7)8)30(40)38(31)29(32(41)45-22-25-12-16-26(17-13-25)39(43)44)33(49-34(42)35(3,4)5)46-27-18-14-24(15-19-27)20-21-37/h12-19,23,28,31H,11,20,22H2,1-10H3/t23-,28+,31-/m1/s1. The van der Waals surface area contributed by atoms with Crippen LogP contribution in [0.3, 0.4) is 0 Å². The number of likely N-dealkylation sites (tertiary alicyclic amines) is 1. The lowest BCUT2D eigenvalue weighted by molar-refractivity contribution is -0.384. The first kappa shape index (κ1) is 40.8. The Balaban J connectivity index is 2.14. The summed E-state index contributed by atoms with van der Waals surface area (Å²) in [7, 11) is -2.27. The molecule has 0 saturated carbocycles. The average Bonchev–Trinajstić information content (AvgIpc) is 3.01. The maximum absolute atomic E-state index is 14.3. The monoisotopic (exact) mass is 741 g/mol. The maximum Gasteiger partial charge on any atom is 0.359 e. The number of nitro groups is 1. The van der Waals surface area contributed by atoms with E-state index in [9.17, 15) is 24.5 Å². The Morgan fingerprint density at radius 3 is 2.12 bits per heavy atom. The SMILES string of the molecule is CCS[C@@H]1[C@@H]([C@@H](C)O[Si](C)(C)C(C)(C)C)C(=O)N1C(C(=O)OCc1ccc([N+](=O)[O-])cc1)=C(Oc1ccc(CC#N)cc1)SC(=O)C(C)(C)C. The van der Waals surface area contributed by atoms with Crippen LogP contribution in [0.2, 0.25) is 18.1 Å². The molecule has 1 heterocycles. The van der Waals surface area contributed by atoms with Crippen molar-refractivity contribution >= 4 is 54.5 Å². The first-order valence-corrected chi connectivity index (χ1v) is 21.1. The number of nitrogens with zero attached hydrogens (tertiary/aromatic N) is 3. The van der Waals surface area contributed by atoms with Crippen molar-refractivity contribution in [3.8, 4) is 11.8 Å². The van der Waals surface area contributed by atoms with Gasteiger partial charge in [-0.25, -0.2) is 4.79 Å². The number of hydrogen-bond acceptors (Lipinski definition) is 11. The predicted molar refractivity (Wildman–Crippen MR) is 198 cm³/mol. The summed E-state index contributed by atoms with van der Waals surface area (Å²) in [5.41, 5.74) is 0.0690. The van der Waals surface area contributed by atoms with Crippen LogP contribution in [0.4, 0.5) is 5.69 Å². The molecule has 1 amide bonds. The zero-order valence-corrected chi connectivity index (χ0v) is 33.0. The molecule has 0 radical (unpaired) electrons. The summed E-state index contributed by atoms with van der Waals surface area (Å²) < 4.78 is 18.7. The van der Waals surface area contributed by atoms with Crippen LogP contribution in [0.15, 0.2) is 59.3 Å². The molecule has 2 aromatic carbocycles. The van der Waals surface area contributed by atoms with Crippen LogP contribution in [-0.4, -0.2) is 52.4 Å². The number of amides is 1. The minimum absolute atomic E-state index is 0.0956. The number of nitro benzene ring substituents is 1. The van der Waals surface area contributed by atoms with E-state index in [2.05, 4.69) is 39.9 Å². The molecule has 0 aliphatic carbocycles. The van der Waals surface area contributed by atoms with E-state index in [0.717, 1.165) is 5.56 Å². The van der Waals surface area contributed by atoms with Gasteiger partial charge < -0.3 is 13.9 Å². The van der Waals surface area contributed by atoms with E-state index in [1.54, 1.807) is 45.0 Å². The second-order valence-corrected chi connectivity index (χ2v) is 21.6. The van der Waals surface area contributed by atoms with Gasteiger partial charge in [-0.3, -0.25) is 24.6 Å². The summed E-state index contributed by atoms with van der Waals surface area (Å²) >= 11 is 2.18. The van der Waals surface area contributed by atoms with Gasteiger partial charge in [0, 0.05) is 17.5 Å². The summed E-state index contributed by atoms with van der Waals surface area (Å²) in [6, 6.07) is 14.3. The highest BCUT2D eigenvalue weighted by molar-refractivity contribution is 8.16. The number of carbonyl (C=O) groups is 3. The van der Waals surface area contributed by atoms with Gasteiger partial charge in [-0.2, -0.15) is 5.26 Å². The fourth-order valence-corrected chi connectivity index (χ4v) is 8.23. The molecule has 1 fully saturated rings. The van der Waals surface area contributed by atoms with Gasteiger partial charge in [-0.1, -0.05) is 60.6 Å². The van der Waals surface area contributed by atoms with Crippen LogP contribution in [0, 0.1) is 32.8 Å². The number of carbonyl (C=O) groups excluding carboxylic acids is 3. The summed E-state index contributed by atoms with van der Waals surface area (Å²) in [4.78, 5) is 54.0. The molecule has 1 aliphatic rings. The Labute approximate surface area is 304 Å². The average molecular weight is 742 g/mol. The van der Waals surface area contributed by atoms with Gasteiger partial charge in [-0.15, -0.1) is 11.8 Å². The highest BCUT2D eigenvalue weighted by Gasteiger charge is 2.56. The Kier molecular flexibility index (Phi) is 13.5. The zero-order chi connectivity index (χ0) is 37.6. The number of esters is 1. The van der Waals surface area contributed by atoms with Gasteiger partial charge in [0.25, 0.3) is 5.69 Å². The molecular formula is C36H47N3O8S2Si. The Bertz CT molecular complexity index is 1640. The normalized spacial score (nSPS) is 17.6. The van der Waals surface area contributed by atoms with Crippen molar-refractivity contribution in [3.63, 3.8) is 0 Å². The smallest absolute Gasteiger partial charge is 0.359 e. The molecule has 270 valence electrons. The maximum atomic E-state index is 14.3. The summed E-state index contributed by atoms with van der Waals surface area (Å²) in [5.74, 6) is -0.941. The fraction of sp³-hybridized carbons (Fsp3) is 0.500. The molecule has 1 aliphatic heterocycles. The highest BCUT2D eigenvalue weighted by atomic mass is 32.2. The minimum atomic E-state index is -2.27. The molecule has 1 saturated heterocycles. The van der Waals surface area contributed by atoms with Crippen molar-refractivity contribution in [3.05, 3.63) is 80.6 Å². The topological polar surface area (TPSA) is 149 Å². The summed E-state index contributed by atoms with van der Waals surface area (Å²) in [6.07, 6.45) is -0.267. The van der Waals surface area contributed by atoms with Crippen molar-refractivity contribution in [1.29, 1.82) is 5.26 Å². The molecule has 50 heavy (non-hydrogen) atoms. The quantitative estimate of drug-likeness (QED) is 0.0351. The summed E-state index contributed by atoms with van der Waals surface area (Å²) in [6.45, 7) is 19.4. The third-order valence-corrected chi connectivity index (χ3v) is 15.6. The first-order chi connectivity index (χ1) is 23.2. The van der Waals surface area contributed by atoms with E-state index < -0.39 is 42.0 Å². The first-order valence-electron chi connectivity index (χ1n) is 16.3. The molecule has 0 bridgehead atoms. The Morgan fingerprint density at radius 2 is 1.62 bits per heavy atom. The largest absolute Gasteiger partial charge is 0.456 e. The second kappa shape index (κ2) is 16.6. The number of benzene rings is 2. The van der Waals surface area contributed by atoms with Crippen molar-refractivity contribution in [1.82, 2.24) is 4.90 Å². The van der Waals surface area contributed by atoms with E-state index in [1.165, 1.54) is 40.9 Å². The molecule has 11 nitrogen and oxygen atoms in total. The third-order valence-electron chi connectivity index (χ3n) is 8.57. The number of ether oxygens (including phenoxy) is 2. The molecule has 0 spiro atoms. The van der Waals surface area contributed by atoms with Gasteiger partial charge in [0.1, 0.15) is 12.4 Å². The van der Waals surface area contributed by atoms with Crippen LogP contribution < -0.4 is 4.74 Å². The molecule has 0 aromatic heterocycles. The fourth-order valence-electron chi connectivity index (χ4n) is 4.66.